The fourth-order valence-electron chi connectivity index (χ4n) is 2.78. The number of imidazole rings is 1. The standard InChI is InChI=1S/C18H15ClN2O2/c1-23-17(22)18(16-20-11-12-21-16,13-5-3-2-4-6-13)14-7-9-15(19)10-8-14/h2-12H,1H3,(H,20,21). The van der Waals surface area contributed by atoms with Gasteiger partial charge in [-0.1, -0.05) is 54.1 Å². The fraction of sp³-hybridized carbons (Fsp3) is 0.111. The van der Waals surface area contributed by atoms with Crippen LogP contribution in [0.25, 0.3) is 0 Å². The molecule has 1 N–H and O–H groups in total. The van der Waals surface area contributed by atoms with Crippen LogP contribution >= 0.6 is 11.6 Å². The molecule has 5 heteroatoms. The van der Waals surface area contributed by atoms with Gasteiger partial charge in [-0.15, -0.1) is 0 Å². The van der Waals surface area contributed by atoms with Gasteiger partial charge in [-0.05, 0) is 23.3 Å². The molecule has 3 rings (SSSR count). The zero-order chi connectivity index (χ0) is 16.3. The van der Waals surface area contributed by atoms with Gasteiger partial charge < -0.3 is 9.72 Å². The minimum absolute atomic E-state index is 0.416. The molecule has 0 aliphatic carbocycles. The van der Waals surface area contributed by atoms with Crippen LogP contribution in [-0.4, -0.2) is 23.0 Å². The first kappa shape index (κ1) is 15.3. The lowest BCUT2D eigenvalue weighted by Gasteiger charge is -2.30. The molecule has 1 unspecified atom stereocenters. The SMILES string of the molecule is COC(=O)C(c1ccccc1)(c1ccc(Cl)cc1)c1ncc[nH]1. The molecule has 0 fully saturated rings. The number of aromatic nitrogens is 2. The van der Waals surface area contributed by atoms with Crippen LogP contribution in [0.15, 0.2) is 67.0 Å². The first-order chi connectivity index (χ1) is 11.2. The van der Waals surface area contributed by atoms with Gasteiger partial charge in [0.25, 0.3) is 0 Å². The molecule has 0 amide bonds. The molecular formula is C18H15ClN2O2. The summed E-state index contributed by atoms with van der Waals surface area (Å²) in [5.41, 5.74) is 0.323. The van der Waals surface area contributed by atoms with E-state index in [0.29, 0.717) is 10.8 Å². The van der Waals surface area contributed by atoms with E-state index in [1.54, 1.807) is 24.5 Å². The Labute approximate surface area is 139 Å². The van der Waals surface area contributed by atoms with Gasteiger partial charge in [0.2, 0.25) is 0 Å². The third-order valence-electron chi connectivity index (χ3n) is 3.83. The van der Waals surface area contributed by atoms with Crippen molar-refractivity contribution in [1.82, 2.24) is 9.97 Å². The van der Waals surface area contributed by atoms with Crippen LogP contribution in [0.5, 0.6) is 0 Å². The first-order valence-corrected chi connectivity index (χ1v) is 7.47. The molecule has 0 aliphatic heterocycles. The molecule has 23 heavy (non-hydrogen) atoms. The second-order valence-electron chi connectivity index (χ2n) is 5.05. The van der Waals surface area contributed by atoms with E-state index >= 15 is 0 Å². The minimum Gasteiger partial charge on any atom is -0.468 e. The highest BCUT2D eigenvalue weighted by Crippen LogP contribution is 2.39. The molecule has 0 radical (unpaired) electrons. The summed E-state index contributed by atoms with van der Waals surface area (Å²) >= 11 is 6.01. The Bertz CT molecular complexity index is 786. The van der Waals surface area contributed by atoms with Crippen LogP contribution in [0.3, 0.4) is 0 Å². The quantitative estimate of drug-likeness (QED) is 0.746. The highest BCUT2D eigenvalue weighted by atomic mass is 35.5. The van der Waals surface area contributed by atoms with Gasteiger partial charge in [0, 0.05) is 17.4 Å². The average Bonchev–Trinajstić information content (AvgIpc) is 3.12. The molecule has 116 valence electrons. The number of carbonyl (C=O) groups excluding carboxylic acids is 1. The van der Waals surface area contributed by atoms with Crippen LogP contribution in [0, 0.1) is 0 Å². The maximum Gasteiger partial charge on any atom is 0.328 e. The Morgan fingerprint density at radius 1 is 1.09 bits per heavy atom. The van der Waals surface area contributed by atoms with Crippen molar-refractivity contribution in [3.05, 3.63) is 89.0 Å². The van der Waals surface area contributed by atoms with E-state index in [-0.39, 0.29) is 0 Å². The molecule has 0 spiro atoms. The van der Waals surface area contributed by atoms with Crippen LogP contribution in [0.1, 0.15) is 17.0 Å². The summed E-state index contributed by atoms with van der Waals surface area (Å²) in [5.74, 6) is 0.0823. The smallest absolute Gasteiger partial charge is 0.328 e. The van der Waals surface area contributed by atoms with E-state index in [4.69, 9.17) is 16.3 Å². The maximum absolute atomic E-state index is 12.9. The minimum atomic E-state index is -1.18. The summed E-state index contributed by atoms with van der Waals surface area (Å²) in [7, 11) is 1.37. The Morgan fingerprint density at radius 2 is 1.74 bits per heavy atom. The fourth-order valence-corrected chi connectivity index (χ4v) is 2.91. The Kier molecular flexibility index (Phi) is 4.17. The number of benzene rings is 2. The maximum atomic E-state index is 12.9. The number of hydrogen-bond acceptors (Lipinski definition) is 3. The number of carbonyl (C=O) groups is 1. The molecular weight excluding hydrogens is 312 g/mol. The highest BCUT2D eigenvalue weighted by Gasteiger charge is 2.47. The van der Waals surface area contributed by atoms with Crippen molar-refractivity contribution in [2.24, 2.45) is 0 Å². The van der Waals surface area contributed by atoms with E-state index in [1.807, 2.05) is 42.5 Å². The zero-order valence-corrected chi connectivity index (χ0v) is 13.2. The molecule has 1 atom stereocenters. The molecule has 0 saturated carbocycles. The molecule has 2 aromatic carbocycles. The summed E-state index contributed by atoms with van der Waals surface area (Å²) in [4.78, 5) is 20.3. The number of methoxy groups -OCH3 is 1. The summed E-state index contributed by atoms with van der Waals surface area (Å²) < 4.78 is 5.15. The van der Waals surface area contributed by atoms with Gasteiger partial charge in [-0.3, -0.25) is 4.79 Å². The Balaban J connectivity index is 2.35. The van der Waals surface area contributed by atoms with Crippen molar-refractivity contribution >= 4 is 17.6 Å². The number of esters is 1. The van der Waals surface area contributed by atoms with Crippen LogP contribution in [-0.2, 0) is 14.9 Å². The third kappa shape index (κ3) is 2.51. The highest BCUT2D eigenvalue weighted by molar-refractivity contribution is 6.30. The molecule has 3 aromatic rings. The first-order valence-electron chi connectivity index (χ1n) is 7.09. The number of nitrogens with one attached hydrogen (secondary N) is 1. The second-order valence-corrected chi connectivity index (χ2v) is 5.49. The van der Waals surface area contributed by atoms with Crippen molar-refractivity contribution in [3.63, 3.8) is 0 Å². The predicted octanol–water partition coefficient (Wildman–Crippen LogP) is 3.57. The molecule has 1 aromatic heterocycles. The lowest BCUT2D eigenvalue weighted by atomic mass is 9.73. The average molecular weight is 327 g/mol. The van der Waals surface area contributed by atoms with Crippen molar-refractivity contribution in [1.29, 1.82) is 0 Å². The second kappa shape index (κ2) is 6.26. The molecule has 0 saturated heterocycles. The van der Waals surface area contributed by atoms with Gasteiger partial charge in [0.1, 0.15) is 5.82 Å². The molecule has 4 nitrogen and oxygen atoms in total. The van der Waals surface area contributed by atoms with Gasteiger partial charge in [-0.2, -0.15) is 0 Å². The number of ether oxygens (including phenoxy) is 1. The number of H-pyrrole nitrogens is 1. The van der Waals surface area contributed by atoms with E-state index in [1.165, 1.54) is 7.11 Å². The van der Waals surface area contributed by atoms with Crippen molar-refractivity contribution in [2.75, 3.05) is 7.11 Å². The van der Waals surface area contributed by atoms with E-state index in [0.717, 1.165) is 11.1 Å². The van der Waals surface area contributed by atoms with E-state index < -0.39 is 11.4 Å². The molecule has 0 bridgehead atoms. The Morgan fingerprint density at radius 3 is 2.30 bits per heavy atom. The van der Waals surface area contributed by atoms with Crippen LogP contribution < -0.4 is 0 Å². The van der Waals surface area contributed by atoms with E-state index in [9.17, 15) is 4.79 Å². The molecule has 0 aliphatic rings. The van der Waals surface area contributed by atoms with Gasteiger partial charge >= 0.3 is 5.97 Å². The summed E-state index contributed by atoms with van der Waals surface area (Å²) in [6.45, 7) is 0. The van der Waals surface area contributed by atoms with Crippen LogP contribution in [0.4, 0.5) is 0 Å². The number of rotatable bonds is 4. The van der Waals surface area contributed by atoms with Crippen molar-refractivity contribution in [3.8, 4) is 0 Å². The lowest BCUT2D eigenvalue weighted by Crippen LogP contribution is -2.40. The van der Waals surface area contributed by atoms with Crippen molar-refractivity contribution in [2.45, 2.75) is 5.41 Å². The number of halogens is 1. The topological polar surface area (TPSA) is 55.0 Å². The molecule has 1 heterocycles. The van der Waals surface area contributed by atoms with Gasteiger partial charge in [0.15, 0.2) is 5.41 Å². The van der Waals surface area contributed by atoms with Crippen molar-refractivity contribution < 1.29 is 9.53 Å². The monoisotopic (exact) mass is 326 g/mol. The van der Waals surface area contributed by atoms with Crippen LogP contribution in [0.2, 0.25) is 5.02 Å². The number of nitrogens with zero attached hydrogens (tertiary/aromatic N) is 1. The predicted molar refractivity (Wildman–Crippen MR) is 88.4 cm³/mol. The largest absolute Gasteiger partial charge is 0.468 e. The summed E-state index contributed by atoms with van der Waals surface area (Å²) in [6.07, 6.45) is 3.30. The zero-order valence-electron chi connectivity index (χ0n) is 12.5. The van der Waals surface area contributed by atoms with Gasteiger partial charge in [0.05, 0.1) is 7.11 Å². The summed E-state index contributed by atoms with van der Waals surface area (Å²) in [6, 6.07) is 16.6. The Hall–Kier alpha value is -2.59. The van der Waals surface area contributed by atoms with E-state index in [2.05, 4.69) is 9.97 Å². The summed E-state index contributed by atoms with van der Waals surface area (Å²) in [5, 5.41) is 0.597. The number of hydrogen-bond donors (Lipinski definition) is 1. The third-order valence-corrected chi connectivity index (χ3v) is 4.08. The lowest BCUT2D eigenvalue weighted by molar-refractivity contribution is -0.144. The number of aromatic amines is 1. The normalized spacial score (nSPS) is 13.3. The van der Waals surface area contributed by atoms with Gasteiger partial charge in [-0.25, -0.2) is 4.98 Å².